The first-order valence-corrected chi connectivity index (χ1v) is 4.11. The molecule has 0 aromatic carbocycles. The monoisotopic (exact) mass is 168 g/mol. The van der Waals surface area contributed by atoms with Crippen LogP contribution in [0.5, 0.6) is 0 Å². The van der Waals surface area contributed by atoms with Gasteiger partial charge >= 0.3 is 0 Å². The highest BCUT2D eigenvalue weighted by Gasteiger charge is 2.17. The van der Waals surface area contributed by atoms with Crippen LogP contribution in [0.1, 0.15) is 12.2 Å². The van der Waals surface area contributed by atoms with Gasteiger partial charge in [0.15, 0.2) is 0 Å². The summed E-state index contributed by atoms with van der Waals surface area (Å²) in [6.07, 6.45) is 2.53. The van der Waals surface area contributed by atoms with Crippen LogP contribution in [0.3, 0.4) is 0 Å². The van der Waals surface area contributed by atoms with E-state index in [0.717, 1.165) is 25.3 Å². The lowest BCUT2D eigenvalue weighted by molar-refractivity contribution is 0.246. The first kappa shape index (κ1) is 7.70. The van der Waals surface area contributed by atoms with Crippen molar-refractivity contribution in [3.8, 4) is 0 Å². The Morgan fingerprint density at radius 2 is 2.67 bits per heavy atom. The second-order valence-corrected chi connectivity index (χ2v) is 2.99. The van der Waals surface area contributed by atoms with Gasteiger partial charge in [-0.05, 0) is 6.42 Å². The topological polar surface area (TPSA) is 63.0 Å². The normalized spacial score (nSPS) is 22.2. The van der Waals surface area contributed by atoms with Crippen LogP contribution in [0.4, 0.5) is 0 Å². The van der Waals surface area contributed by atoms with Crippen LogP contribution in [-0.4, -0.2) is 32.5 Å². The first-order chi connectivity index (χ1) is 5.90. The molecule has 0 spiro atoms. The molecule has 1 aromatic heterocycles. The molecular weight excluding hydrogens is 156 g/mol. The van der Waals surface area contributed by atoms with E-state index in [1.54, 1.807) is 6.33 Å². The highest BCUT2D eigenvalue weighted by atomic mass is 16.3. The minimum Gasteiger partial charge on any atom is -0.396 e. The van der Waals surface area contributed by atoms with E-state index in [9.17, 15) is 0 Å². The van der Waals surface area contributed by atoms with Gasteiger partial charge in [-0.15, -0.1) is 10.2 Å². The number of nitrogens with one attached hydrogen (secondary N) is 1. The summed E-state index contributed by atoms with van der Waals surface area (Å²) in [5.41, 5.74) is 0. The first-order valence-electron chi connectivity index (χ1n) is 4.11. The third-order valence-corrected chi connectivity index (χ3v) is 2.14. The molecule has 0 aliphatic carbocycles. The Balaban J connectivity index is 2.05. The van der Waals surface area contributed by atoms with Crippen molar-refractivity contribution in [3.63, 3.8) is 0 Å². The number of hydrogen-bond donors (Lipinski definition) is 2. The van der Waals surface area contributed by atoms with Crippen LogP contribution in [-0.2, 0) is 13.1 Å². The fourth-order valence-electron chi connectivity index (χ4n) is 1.46. The third kappa shape index (κ3) is 1.33. The number of fused-ring (bicyclic) bond motifs is 1. The Kier molecular flexibility index (Phi) is 2.05. The van der Waals surface area contributed by atoms with E-state index in [1.165, 1.54) is 0 Å². The maximum Gasteiger partial charge on any atom is 0.146 e. The highest BCUT2D eigenvalue weighted by molar-refractivity contribution is 4.91. The van der Waals surface area contributed by atoms with Gasteiger partial charge in [0.25, 0.3) is 0 Å². The van der Waals surface area contributed by atoms with Crippen molar-refractivity contribution in [3.05, 3.63) is 12.2 Å². The van der Waals surface area contributed by atoms with E-state index >= 15 is 0 Å². The molecule has 0 fully saturated rings. The smallest absolute Gasteiger partial charge is 0.146 e. The van der Waals surface area contributed by atoms with Gasteiger partial charge < -0.3 is 15.0 Å². The lowest BCUT2D eigenvalue weighted by Crippen LogP contribution is -2.39. The van der Waals surface area contributed by atoms with Crippen molar-refractivity contribution < 1.29 is 5.11 Å². The van der Waals surface area contributed by atoms with E-state index in [-0.39, 0.29) is 6.61 Å². The summed E-state index contributed by atoms with van der Waals surface area (Å²) in [6, 6.07) is 0.360. The summed E-state index contributed by atoms with van der Waals surface area (Å²) < 4.78 is 2.02. The van der Waals surface area contributed by atoms with Gasteiger partial charge in [0.1, 0.15) is 12.2 Å². The number of aromatic nitrogens is 3. The molecule has 0 bridgehead atoms. The van der Waals surface area contributed by atoms with Crippen molar-refractivity contribution in [2.24, 2.45) is 0 Å². The number of aliphatic hydroxyl groups is 1. The largest absolute Gasteiger partial charge is 0.396 e. The Hall–Kier alpha value is -0.940. The molecule has 0 amide bonds. The average Bonchev–Trinajstić information content (AvgIpc) is 2.51. The minimum atomic E-state index is 0.231. The Bertz CT molecular complexity index is 260. The van der Waals surface area contributed by atoms with E-state index < -0.39 is 0 Å². The molecular formula is C7H12N4O. The van der Waals surface area contributed by atoms with Crippen molar-refractivity contribution in [1.82, 2.24) is 20.1 Å². The summed E-state index contributed by atoms with van der Waals surface area (Å²) in [5, 5.41) is 19.8. The summed E-state index contributed by atoms with van der Waals surface area (Å²) in [7, 11) is 0. The van der Waals surface area contributed by atoms with Gasteiger partial charge in [-0.2, -0.15) is 0 Å². The molecule has 0 saturated heterocycles. The molecule has 5 nitrogen and oxygen atoms in total. The number of hydrogen-bond acceptors (Lipinski definition) is 4. The molecule has 2 rings (SSSR count). The molecule has 5 heteroatoms. The summed E-state index contributed by atoms with van der Waals surface area (Å²) in [4.78, 5) is 0. The Morgan fingerprint density at radius 3 is 3.50 bits per heavy atom. The SMILES string of the molecule is OCCC1Cn2cnnc2CN1. The predicted octanol–water partition coefficient (Wildman–Crippen LogP) is -0.868. The maximum absolute atomic E-state index is 8.74. The Morgan fingerprint density at radius 1 is 1.75 bits per heavy atom. The fraction of sp³-hybridized carbons (Fsp3) is 0.714. The zero-order chi connectivity index (χ0) is 8.39. The predicted molar refractivity (Wildman–Crippen MR) is 42.4 cm³/mol. The Labute approximate surface area is 70.4 Å². The summed E-state index contributed by atoms with van der Waals surface area (Å²) in [6.45, 7) is 1.85. The highest BCUT2D eigenvalue weighted by Crippen LogP contribution is 2.06. The van der Waals surface area contributed by atoms with Crippen molar-refractivity contribution in [1.29, 1.82) is 0 Å². The van der Waals surface area contributed by atoms with Gasteiger partial charge in [0.05, 0.1) is 6.54 Å². The van der Waals surface area contributed by atoms with Crippen LogP contribution in [0.15, 0.2) is 6.33 Å². The van der Waals surface area contributed by atoms with Gasteiger partial charge in [-0.1, -0.05) is 0 Å². The van der Waals surface area contributed by atoms with E-state index in [2.05, 4.69) is 15.5 Å². The maximum atomic E-state index is 8.74. The molecule has 2 N–H and O–H groups in total. The van der Waals surface area contributed by atoms with E-state index in [4.69, 9.17) is 5.11 Å². The number of nitrogens with zero attached hydrogens (tertiary/aromatic N) is 3. The van der Waals surface area contributed by atoms with Gasteiger partial charge in [-0.25, -0.2) is 0 Å². The van der Waals surface area contributed by atoms with Crippen molar-refractivity contribution in [2.75, 3.05) is 6.61 Å². The molecule has 1 aliphatic rings. The molecule has 1 atom stereocenters. The number of rotatable bonds is 2. The van der Waals surface area contributed by atoms with Gasteiger partial charge in [-0.3, -0.25) is 0 Å². The summed E-state index contributed by atoms with van der Waals surface area (Å²) in [5.74, 6) is 0.976. The van der Waals surface area contributed by atoms with Crippen LogP contribution in [0, 0.1) is 0 Å². The molecule has 66 valence electrons. The van der Waals surface area contributed by atoms with Gasteiger partial charge in [0.2, 0.25) is 0 Å². The van der Waals surface area contributed by atoms with Gasteiger partial charge in [0, 0.05) is 19.2 Å². The third-order valence-electron chi connectivity index (χ3n) is 2.14. The molecule has 0 saturated carbocycles. The summed E-state index contributed by atoms with van der Waals surface area (Å²) >= 11 is 0. The van der Waals surface area contributed by atoms with E-state index in [0.29, 0.717) is 6.04 Å². The zero-order valence-electron chi connectivity index (χ0n) is 6.77. The van der Waals surface area contributed by atoms with Crippen LogP contribution < -0.4 is 5.32 Å². The lowest BCUT2D eigenvalue weighted by Gasteiger charge is -2.23. The molecule has 1 aromatic rings. The molecule has 1 aliphatic heterocycles. The molecule has 2 heterocycles. The molecule has 12 heavy (non-hydrogen) atoms. The lowest BCUT2D eigenvalue weighted by atomic mass is 10.2. The molecule has 1 unspecified atom stereocenters. The minimum absolute atomic E-state index is 0.231. The van der Waals surface area contributed by atoms with E-state index in [1.807, 2.05) is 4.57 Å². The van der Waals surface area contributed by atoms with Crippen LogP contribution in [0.2, 0.25) is 0 Å². The molecule has 0 radical (unpaired) electrons. The van der Waals surface area contributed by atoms with Crippen molar-refractivity contribution in [2.45, 2.75) is 25.6 Å². The van der Waals surface area contributed by atoms with Crippen LogP contribution >= 0.6 is 0 Å². The zero-order valence-corrected chi connectivity index (χ0v) is 6.77. The standard InChI is InChI=1S/C7H12N4O/c12-2-1-6-4-11-5-9-10-7(11)3-8-6/h5-6,8,12H,1-4H2. The average molecular weight is 168 g/mol. The second-order valence-electron chi connectivity index (χ2n) is 2.99. The second kappa shape index (κ2) is 3.20. The van der Waals surface area contributed by atoms with Crippen LogP contribution in [0.25, 0.3) is 0 Å². The quantitative estimate of drug-likeness (QED) is 0.602. The number of aliphatic hydroxyl groups excluding tert-OH is 1. The van der Waals surface area contributed by atoms with Crippen molar-refractivity contribution >= 4 is 0 Å². The fourth-order valence-corrected chi connectivity index (χ4v) is 1.46.